The molecule has 0 aliphatic heterocycles. The summed E-state index contributed by atoms with van der Waals surface area (Å²) in [6.07, 6.45) is 4.49. The van der Waals surface area contributed by atoms with Crippen LogP contribution in [0.1, 0.15) is 46.5 Å². The number of aliphatic hydroxyl groups excluding tert-OH is 1. The Morgan fingerprint density at radius 1 is 1.38 bits per heavy atom. The van der Waals surface area contributed by atoms with Gasteiger partial charge in [-0.3, -0.25) is 0 Å². The topological polar surface area (TPSA) is 70.6 Å². The van der Waals surface area contributed by atoms with Crippen molar-refractivity contribution in [1.82, 2.24) is 5.32 Å². The number of nitrogens with zero attached hydrogens (tertiary/aromatic N) is 1. The van der Waals surface area contributed by atoms with Crippen molar-refractivity contribution in [3.8, 4) is 0 Å². The molecule has 0 radical (unpaired) electrons. The maximum atomic E-state index is 9.28. The monoisotopic (exact) mass is 227 g/mol. The van der Waals surface area contributed by atoms with Crippen molar-refractivity contribution < 1.29 is 5.11 Å². The van der Waals surface area contributed by atoms with E-state index in [1.165, 1.54) is 12.8 Å². The first-order valence-electron chi connectivity index (χ1n) is 6.14. The fourth-order valence-corrected chi connectivity index (χ4v) is 2.17. The van der Waals surface area contributed by atoms with Gasteiger partial charge in [0.2, 0.25) is 0 Å². The van der Waals surface area contributed by atoms with Crippen molar-refractivity contribution in [1.29, 1.82) is 0 Å². The summed E-state index contributed by atoms with van der Waals surface area (Å²) < 4.78 is 0. The van der Waals surface area contributed by atoms with Gasteiger partial charge in [-0.15, -0.1) is 0 Å². The van der Waals surface area contributed by atoms with Crippen molar-refractivity contribution >= 4 is 5.96 Å². The van der Waals surface area contributed by atoms with Crippen LogP contribution in [0.4, 0.5) is 0 Å². The first-order valence-corrected chi connectivity index (χ1v) is 6.14. The Kier molecular flexibility index (Phi) is 4.59. The highest BCUT2D eigenvalue weighted by Crippen LogP contribution is 2.26. The Hall–Kier alpha value is -0.770. The Bertz CT molecular complexity index is 245. The summed E-state index contributed by atoms with van der Waals surface area (Å²) in [5.74, 6) is 0.784. The van der Waals surface area contributed by atoms with Gasteiger partial charge < -0.3 is 16.2 Å². The summed E-state index contributed by atoms with van der Waals surface area (Å²) in [6.45, 7) is 6.39. The van der Waals surface area contributed by atoms with Crippen LogP contribution in [-0.2, 0) is 0 Å². The molecule has 4 nitrogen and oxygen atoms in total. The van der Waals surface area contributed by atoms with E-state index in [2.05, 4.69) is 31.1 Å². The third kappa shape index (κ3) is 4.39. The molecule has 0 spiro atoms. The first kappa shape index (κ1) is 13.3. The highest BCUT2D eigenvalue weighted by molar-refractivity contribution is 5.78. The van der Waals surface area contributed by atoms with Gasteiger partial charge in [0.15, 0.2) is 5.96 Å². The van der Waals surface area contributed by atoms with Gasteiger partial charge in [-0.2, -0.15) is 0 Å². The first-order chi connectivity index (χ1) is 7.42. The van der Waals surface area contributed by atoms with Crippen molar-refractivity contribution in [2.45, 2.75) is 58.0 Å². The van der Waals surface area contributed by atoms with Gasteiger partial charge in [-0.05, 0) is 33.6 Å². The summed E-state index contributed by atoms with van der Waals surface area (Å²) >= 11 is 0. The molecule has 2 unspecified atom stereocenters. The van der Waals surface area contributed by atoms with Crippen molar-refractivity contribution in [2.24, 2.45) is 16.6 Å². The molecule has 1 rings (SSSR count). The lowest BCUT2D eigenvalue weighted by molar-refractivity contribution is 0.171. The molecule has 4 N–H and O–H groups in total. The van der Waals surface area contributed by atoms with Crippen LogP contribution in [0.15, 0.2) is 4.99 Å². The van der Waals surface area contributed by atoms with E-state index in [1.54, 1.807) is 0 Å². The number of nitrogens with two attached hydrogens (primary N) is 1. The molecule has 0 aromatic carbocycles. The fourth-order valence-electron chi connectivity index (χ4n) is 2.17. The lowest BCUT2D eigenvalue weighted by Gasteiger charge is -2.28. The zero-order valence-corrected chi connectivity index (χ0v) is 10.7. The van der Waals surface area contributed by atoms with Gasteiger partial charge in [0.05, 0.1) is 6.04 Å². The van der Waals surface area contributed by atoms with Crippen LogP contribution in [0, 0.1) is 5.92 Å². The average Bonchev–Trinajstić information content (AvgIpc) is 2.15. The van der Waals surface area contributed by atoms with Crippen LogP contribution in [0.3, 0.4) is 0 Å². The molecular formula is C12H25N3O. The maximum Gasteiger partial charge on any atom is 0.189 e. The van der Waals surface area contributed by atoms with Gasteiger partial charge in [-0.25, -0.2) is 4.99 Å². The van der Waals surface area contributed by atoms with Gasteiger partial charge in [-0.1, -0.05) is 12.8 Å². The van der Waals surface area contributed by atoms with E-state index >= 15 is 0 Å². The molecule has 0 heterocycles. The van der Waals surface area contributed by atoms with Gasteiger partial charge in [0, 0.05) is 18.1 Å². The van der Waals surface area contributed by atoms with E-state index < -0.39 is 0 Å². The van der Waals surface area contributed by atoms with Crippen LogP contribution in [0.2, 0.25) is 0 Å². The Morgan fingerprint density at radius 2 is 2.00 bits per heavy atom. The lowest BCUT2D eigenvalue weighted by atomic mass is 9.85. The fraction of sp³-hybridized carbons (Fsp3) is 0.917. The number of hydrogen-bond acceptors (Lipinski definition) is 2. The Morgan fingerprint density at radius 3 is 2.56 bits per heavy atom. The Balaban J connectivity index is 2.58. The number of guanidine groups is 1. The summed E-state index contributed by atoms with van der Waals surface area (Å²) in [4.78, 5) is 4.50. The molecule has 4 heteroatoms. The lowest BCUT2D eigenvalue weighted by Crippen LogP contribution is -2.46. The minimum atomic E-state index is -0.0586. The van der Waals surface area contributed by atoms with E-state index in [0.29, 0.717) is 5.96 Å². The molecule has 1 fully saturated rings. The van der Waals surface area contributed by atoms with E-state index in [-0.39, 0.29) is 24.1 Å². The third-order valence-electron chi connectivity index (χ3n) is 2.91. The zero-order chi connectivity index (χ0) is 12.2. The summed E-state index contributed by atoms with van der Waals surface area (Å²) in [6, 6.07) is 0.189. The van der Waals surface area contributed by atoms with E-state index in [9.17, 15) is 5.11 Å². The van der Waals surface area contributed by atoms with Crippen LogP contribution < -0.4 is 11.1 Å². The standard InChI is InChI=1S/C12H25N3O/c1-12(2,3)15-11(13)14-10-7-5-4-6-9(10)8-16/h9-10,16H,4-8H2,1-3H3,(H3,13,14,15). The molecule has 16 heavy (non-hydrogen) atoms. The molecule has 1 aliphatic rings. The maximum absolute atomic E-state index is 9.28. The second kappa shape index (κ2) is 5.53. The number of hydrogen-bond donors (Lipinski definition) is 3. The highest BCUT2D eigenvalue weighted by atomic mass is 16.3. The van der Waals surface area contributed by atoms with E-state index in [4.69, 9.17) is 5.73 Å². The number of aliphatic hydroxyl groups is 1. The molecular weight excluding hydrogens is 202 g/mol. The molecule has 1 saturated carbocycles. The molecule has 0 aromatic heterocycles. The smallest absolute Gasteiger partial charge is 0.189 e. The molecule has 2 atom stereocenters. The van der Waals surface area contributed by atoms with E-state index in [1.807, 2.05) is 0 Å². The summed E-state index contributed by atoms with van der Waals surface area (Å²) in [5, 5.41) is 12.4. The van der Waals surface area contributed by atoms with Crippen LogP contribution in [-0.4, -0.2) is 29.3 Å². The molecule has 0 bridgehead atoms. The second-order valence-electron chi connectivity index (χ2n) is 5.68. The van der Waals surface area contributed by atoms with E-state index in [0.717, 1.165) is 12.8 Å². The highest BCUT2D eigenvalue weighted by Gasteiger charge is 2.24. The minimum absolute atomic E-state index is 0.0586. The predicted octanol–water partition coefficient (Wildman–Crippen LogP) is 1.24. The predicted molar refractivity (Wildman–Crippen MR) is 67.3 cm³/mol. The van der Waals surface area contributed by atoms with Crippen LogP contribution >= 0.6 is 0 Å². The number of nitrogens with one attached hydrogen (secondary N) is 1. The average molecular weight is 227 g/mol. The van der Waals surface area contributed by atoms with Crippen LogP contribution in [0.25, 0.3) is 0 Å². The van der Waals surface area contributed by atoms with Gasteiger partial charge >= 0.3 is 0 Å². The Labute approximate surface area is 98.3 Å². The summed E-state index contributed by atoms with van der Waals surface area (Å²) in [7, 11) is 0. The third-order valence-corrected chi connectivity index (χ3v) is 2.91. The normalized spacial score (nSPS) is 27.9. The SMILES string of the molecule is CC(C)(C)NC(N)=NC1CCCCC1CO. The van der Waals surface area contributed by atoms with Gasteiger partial charge in [0.25, 0.3) is 0 Å². The molecule has 0 aromatic rings. The van der Waals surface area contributed by atoms with Crippen molar-refractivity contribution in [3.05, 3.63) is 0 Å². The minimum Gasteiger partial charge on any atom is -0.396 e. The second-order valence-corrected chi connectivity index (χ2v) is 5.68. The van der Waals surface area contributed by atoms with Crippen molar-refractivity contribution in [3.63, 3.8) is 0 Å². The molecule has 0 saturated heterocycles. The number of aliphatic imine (C=N–C) groups is 1. The van der Waals surface area contributed by atoms with Gasteiger partial charge in [0.1, 0.15) is 0 Å². The molecule has 0 amide bonds. The largest absolute Gasteiger partial charge is 0.396 e. The van der Waals surface area contributed by atoms with Crippen LogP contribution in [0.5, 0.6) is 0 Å². The summed E-state index contributed by atoms with van der Waals surface area (Å²) in [5.41, 5.74) is 5.81. The zero-order valence-electron chi connectivity index (χ0n) is 10.7. The molecule has 1 aliphatic carbocycles. The molecule has 94 valence electrons. The number of rotatable bonds is 2. The quantitative estimate of drug-likeness (QED) is 0.491. The van der Waals surface area contributed by atoms with Crippen molar-refractivity contribution in [2.75, 3.05) is 6.61 Å².